The number of halogens is 1. The van der Waals surface area contributed by atoms with Crippen molar-refractivity contribution in [1.29, 1.82) is 0 Å². The number of aryl methyl sites for hydroxylation is 1. The molecular weight excluding hydrogens is 348 g/mol. The third-order valence-electron chi connectivity index (χ3n) is 3.83. The monoisotopic (exact) mass is 362 g/mol. The Morgan fingerprint density at radius 1 is 1.04 bits per heavy atom. The van der Waals surface area contributed by atoms with Gasteiger partial charge in [-0.05, 0) is 41.8 Å². The predicted molar refractivity (Wildman–Crippen MR) is 94.2 cm³/mol. The number of hydrogen-bond acceptors (Lipinski definition) is 4. The van der Waals surface area contributed by atoms with E-state index in [-0.39, 0.29) is 10.6 Å². The minimum atomic E-state index is -3.57. The standard InChI is InChI=1S/C18H15ClO4S/c1-2-12-8-17-15(10-16(12)19)13(9-18(20)23-17)11-24(21,22)14-6-4-3-5-7-14/h3-10H,2,11H2,1H3. The van der Waals surface area contributed by atoms with Crippen LogP contribution < -0.4 is 5.63 Å². The van der Waals surface area contributed by atoms with Crippen molar-refractivity contribution in [3.8, 4) is 0 Å². The maximum absolute atomic E-state index is 12.6. The first-order valence-corrected chi connectivity index (χ1v) is 9.46. The minimum absolute atomic E-state index is 0.211. The van der Waals surface area contributed by atoms with Gasteiger partial charge in [0.1, 0.15) is 5.58 Å². The molecule has 4 nitrogen and oxygen atoms in total. The highest BCUT2D eigenvalue weighted by Gasteiger charge is 2.18. The maximum atomic E-state index is 12.6. The van der Waals surface area contributed by atoms with Crippen molar-refractivity contribution in [2.75, 3.05) is 0 Å². The van der Waals surface area contributed by atoms with Gasteiger partial charge in [0, 0.05) is 16.5 Å². The van der Waals surface area contributed by atoms with E-state index in [2.05, 4.69) is 0 Å². The van der Waals surface area contributed by atoms with Gasteiger partial charge in [0.05, 0.1) is 10.6 Å². The summed E-state index contributed by atoms with van der Waals surface area (Å²) in [5.41, 5.74) is 0.997. The summed E-state index contributed by atoms with van der Waals surface area (Å²) in [5, 5.41) is 1.06. The van der Waals surface area contributed by atoms with Crippen LogP contribution >= 0.6 is 11.6 Å². The molecule has 3 rings (SSSR count). The molecular formula is C18H15ClO4S. The SMILES string of the molecule is CCc1cc2oc(=O)cc(CS(=O)(=O)c3ccccc3)c2cc1Cl. The Kier molecular flexibility index (Phi) is 4.47. The zero-order chi connectivity index (χ0) is 17.3. The number of rotatable bonds is 4. The van der Waals surface area contributed by atoms with E-state index < -0.39 is 15.5 Å². The van der Waals surface area contributed by atoms with Gasteiger partial charge in [-0.2, -0.15) is 0 Å². The number of fused-ring (bicyclic) bond motifs is 1. The van der Waals surface area contributed by atoms with Crippen molar-refractivity contribution in [3.63, 3.8) is 0 Å². The summed E-state index contributed by atoms with van der Waals surface area (Å²) >= 11 is 6.23. The van der Waals surface area contributed by atoms with E-state index >= 15 is 0 Å². The fourth-order valence-electron chi connectivity index (χ4n) is 2.59. The molecule has 0 N–H and O–H groups in total. The summed E-state index contributed by atoms with van der Waals surface area (Å²) in [7, 11) is -3.57. The normalized spacial score (nSPS) is 11.8. The molecule has 6 heteroatoms. The van der Waals surface area contributed by atoms with E-state index in [0.717, 1.165) is 5.56 Å². The molecule has 0 radical (unpaired) electrons. The van der Waals surface area contributed by atoms with Gasteiger partial charge in [0.15, 0.2) is 9.84 Å². The molecule has 0 saturated heterocycles. The van der Waals surface area contributed by atoms with E-state index in [1.165, 1.54) is 18.2 Å². The highest BCUT2D eigenvalue weighted by atomic mass is 35.5. The lowest BCUT2D eigenvalue weighted by Crippen LogP contribution is -2.08. The molecule has 3 aromatic rings. The van der Waals surface area contributed by atoms with Crippen molar-refractivity contribution >= 4 is 32.4 Å². The van der Waals surface area contributed by atoms with Crippen molar-refractivity contribution in [3.05, 3.63) is 75.1 Å². The van der Waals surface area contributed by atoms with Gasteiger partial charge < -0.3 is 4.42 Å². The Morgan fingerprint density at radius 2 is 1.75 bits per heavy atom. The molecule has 0 amide bonds. The zero-order valence-electron chi connectivity index (χ0n) is 13.0. The predicted octanol–water partition coefficient (Wildman–Crippen LogP) is 3.98. The van der Waals surface area contributed by atoms with E-state index in [4.69, 9.17) is 16.0 Å². The van der Waals surface area contributed by atoms with Crippen LogP contribution in [0.5, 0.6) is 0 Å². The van der Waals surface area contributed by atoms with Crippen LogP contribution in [-0.2, 0) is 22.0 Å². The second-order valence-electron chi connectivity index (χ2n) is 5.46. The van der Waals surface area contributed by atoms with Crippen molar-refractivity contribution in [2.24, 2.45) is 0 Å². The summed E-state index contributed by atoms with van der Waals surface area (Å²) in [6, 6.07) is 12.7. The quantitative estimate of drug-likeness (QED) is 0.658. The fourth-order valence-corrected chi connectivity index (χ4v) is 4.28. The fraction of sp³-hybridized carbons (Fsp3) is 0.167. The lowest BCUT2D eigenvalue weighted by atomic mass is 10.1. The van der Waals surface area contributed by atoms with Crippen molar-refractivity contribution < 1.29 is 12.8 Å². The van der Waals surface area contributed by atoms with Crippen LogP contribution in [0.15, 0.2) is 62.6 Å². The summed E-state index contributed by atoms with van der Waals surface area (Å²) in [6.45, 7) is 1.94. The van der Waals surface area contributed by atoms with E-state index in [0.29, 0.717) is 28.0 Å². The zero-order valence-corrected chi connectivity index (χ0v) is 14.5. The molecule has 0 atom stereocenters. The molecule has 0 aliphatic heterocycles. The molecule has 0 bridgehead atoms. The molecule has 0 aliphatic rings. The van der Waals surface area contributed by atoms with Gasteiger partial charge in [0.2, 0.25) is 0 Å². The van der Waals surface area contributed by atoms with Crippen LogP contribution in [0.25, 0.3) is 11.0 Å². The number of sulfone groups is 1. The first-order chi connectivity index (χ1) is 11.4. The van der Waals surface area contributed by atoms with Gasteiger partial charge in [0.25, 0.3) is 0 Å². The molecule has 0 saturated carbocycles. The molecule has 0 unspecified atom stereocenters. The molecule has 1 heterocycles. The third-order valence-corrected chi connectivity index (χ3v) is 5.86. The average molecular weight is 363 g/mol. The Morgan fingerprint density at radius 3 is 2.42 bits per heavy atom. The first-order valence-electron chi connectivity index (χ1n) is 7.43. The second-order valence-corrected chi connectivity index (χ2v) is 7.85. The summed E-state index contributed by atoms with van der Waals surface area (Å²) in [6.07, 6.45) is 0.686. The number of hydrogen-bond donors (Lipinski definition) is 0. The summed E-state index contributed by atoms with van der Waals surface area (Å²) in [4.78, 5) is 12.0. The molecule has 0 spiro atoms. The Bertz CT molecular complexity index is 1050. The number of benzene rings is 2. The van der Waals surface area contributed by atoms with Gasteiger partial charge in [-0.25, -0.2) is 13.2 Å². The van der Waals surface area contributed by atoms with Gasteiger partial charge in [-0.15, -0.1) is 0 Å². The smallest absolute Gasteiger partial charge is 0.336 e. The van der Waals surface area contributed by atoms with E-state index in [1.54, 1.807) is 30.3 Å². The van der Waals surface area contributed by atoms with Gasteiger partial charge in [-0.1, -0.05) is 36.7 Å². The van der Waals surface area contributed by atoms with Crippen LogP contribution in [0.4, 0.5) is 0 Å². The average Bonchev–Trinajstić information content (AvgIpc) is 2.55. The highest BCUT2D eigenvalue weighted by Crippen LogP contribution is 2.28. The van der Waals surface area contributed by atoms with Gasteiger partial charge >= 0.3 is 5.63 Å². The lowest BCUT2D eigenvalue weighted by molar-refractivity contribution is 0.558. The first kappa shape index (κ1) is 16.7. The summed E-state index contributed by atoms with van der Waals surface area (Å²) in [5.74, 6) is -0.291. The topological polar surface area (TPSA) is 64.3 Å². The second kappa shape index (κ2) is 6.42. The molecule has 124 valence electrons. The summed E-state index contributed by atoms with van der Waals surface area (Å²) < 4.78 is 30.4. The molecule has 0 fully saturated rings. The van der Waals surface area contributed by atoms with Crippen molar-refractivity contribution in [1.82, 2.24) is 0 Å². The molecule has 1 aromatic heterocycles. The third kappa shape index (κ3) is 3.23. The molecule has 0 aliphatic carbocycles. The van der Waals surface area contributed by atoms with Crippen LogP contribution in [0.2, 0.25) is 5.02 Å². The van der Waals surface area contributed by atoms with E-state index in [1.807, 2.05) is 6.92 Å². The molecule has 24 heavy (non-hydrogen) atoms. The lowest BCUT2D eigenvalue weighted by Gasteiger charge is -2.09. The van der Waals surface area contributed by atoms with Gasteiger partial charge in [-0.3, -0.25) is 0 Å². The van der Waals surface area contributed by atoms with Crippen molar-refractivity contribution in [2.45, 2.75) is 24.0 Å². The Labute approximate surface area is 144 Å². The maximum Gasteiger partial charge on any atom is 0.336 e. The van der Waals surface area contributed by atoms with Crippen LogP contribution in [-0.4, -0.2) is 8.42 Å². The largest absolute Gasteiger partial charge is 0.423 e. The van der Waals surface area contributed by atoms with Crippen LogP contribution in [0, 0.1) is 0 Å². The highest BCUT2D eigenvalue weighted by molar-refractivity contribution is 7.90. The Balaban J connectivity index is 2.16. The van der Waals surface area contributed by atoms with E-state index in [9.17, 15) is 13.2 Å². The van der Waals surface area contributed by atoms with Crippen LogP contribution in [0.3, 0.4) is 0 Å². The Hall–Kier alpha value is -2.11. The minimum Gasteiger partial charge on any atom is -0.423 e. The van der Waals surface area contributed by atoms with Crippen LogP contribution in [0.1, 0.15) is 18.1 Å². The molecule has 2 aromatic carbocycles.